The highest BCUT2D eigenvalue weighted by Crippen LogP contribution is 2.44. The van der Waals surface area contributed by atoms with Gasteiger partial charge in [-0.25, -0.2) is 9.48 Å². The van der Waals surface area contributed by atoms with Gasteiger partial charge < -0.3 is 14.9 Å². The lowest BCUT2D eigenvalue weighted by Gasteiger charge is -2.25. The topological polar surface area (TPSA) is 107 Å². The van der Waals surface area contributed by atoms with E-state index < -0.39 is 11.5 Å². The largest absolute Gasteiger partial charge is 0.439 e. The van der Waals surface area contributed by atoms with E-state index in [2.05, 4.69) is 11.2 Å². The van der Waals surface area contributed by atoms with Crippen molar-refractivity contribution in [2.24, 2.45) is 5.73 Å². The van der Waals surface area contributed by atoms with Gasteiger partial charge >= 0.3 is 5.63 Å². The molecule has 0 aliphatic carbocycles. The van der Waals surface area contributed by atoms with E-state index >= 15 is 0 Å². The van der Waals surface area contributed by atoms with Gasteiger partial charge in [0.05, 0.1) is 28.2 Å². The molecule has 2 aromatic carbocycles. The number of hydrogen-bond donors (Lipinski definition) is 1. The average Bonchev–Trinajstić information content (AvgIpc) is 3.15. The molecule has 30 heavy (non-hydrogen) atoms. The van der Waals surface area contributed by atoms with Crippen molar-refractivity contribution in [3.8, 4) is 17.5 Å². The molecule has 7 heteroatoms. The maximum absolute atomic E-state index is 13.0. The highest BCUT2D eigenvalue weighted by atomic mass is 16.5. The van der Waals surface area contributed by atoms with Crippen LogP contribution in [0.2, 0.25) is 0 Å². The molecule has 0 fully saturated rings. The van der Waals surface area contributed by atoms with Crippen LogP contribution < -0.4 is 16.1 Å². The van der Waals surface area contributed by atoms with Gasteiger partial charge in [-0.05, 0) is 31.2 Å². The zero-order valence-corrected chi connectivity index (χ0v) is 16.0. The van der Waals surface area contributed by atoms with E-state index in [1.807, 2.05) is 49.5 Å². The van der Waals surface area contributed by atoms with E-state index in [-0.39, 0.29) is 17.0 Å². The maximum atomic E-state index is 13.0. The summed E-state index contributed by atoms with van der Waals surface area (Å²) >= 11 is 0. The minimum atomic E-state index is -0.739. The number of allylic oxidation sites excluding steroid dienone is 1. The molecule has 1 unspecified atom stereocenters. The van der Waals surface area contributed by atoms with Crippen LogP contribution >= 0.6 is 0 Å². The minimum absolute atomic E-state index is 0.0300. The fourth-order valence-electron chi connectivity index (χ4n) is 3.85. The van der Waals surface area contributed by atoms with Crippen molar-refractivity contribution in [3.05, 3.63) is 99.5 Å². The first kappa shape index (κ1) is 17.8. The molecule has 1 atom stereocenters. The predicted octanol–water partition coefficient (Wildman–Crippen LogP) is 3.51. The number of aromatic nitrogens is 2. The van der Waals surface area contributed by atoms with Gasteiger partial charge in [0.15, 0.2) is 5.75 Å². The van der Waals surface area contributed by atoms with E-state index in [4.69, 9.17) is 14.9 Å². The molecule has 5 rings (SSSR count). The lowest BCUT2D eigenvalue weighted by atomic mass is 9.84. The van der Waals surface area contributed by atoms with Crippen LogP contribution in [0.15, 0.2) is 81.5 Å². The second-order valence-corrected chi connectivity index (χ2v) is 7.00. The summed E-state index contributed by atoms with van der Waals surface area (Å²) in [5.74, 6) is -0.454. The molecule has 0 saturated heterocycles. The van der Waals surface area contributed by atoms with E-state index in [1.54, 1.807) is 22.9 Å². The quantitative estimate of drug-likeness (QED) is 0.520. The van der Waals surface area contributed by atoms with Gasteiger partial charge in [-0.3, -0.25) is 0 Å². The number of fused-ring (bicyclic) bond motifs is 3. The summed E-state index contributed by atoms with van der Waals surface area (Å²) in [4.78, 5) is 13.0. The van der Waals surface area contributed by atoms with E-state index in [0.29, 0.717) is 28.0 Å². The molecule has 146 valence electrons. The van der Waals surface area contributed by atoms with Gasteiger partial charge in [0.1, 0.15) is 17.2 Å². The van der Waals surface area contributed by atoms with Crippen LogP contribution in [-0.4, -0.2) is 9.78 Å². The van der Waals surface area contributed by atoms with Crippen LogP contribution in [-0.2, 0) is 0 Å². The third-order valence-corrected chi connectivity index (χ3v) is 5.24. The van der Waals surface area contributed by atoms with E-state index in [0.717, 1.165) is 5.69 Å². The van der Waals surface area contributed by atoms with Crippen LogP contribution in [0.3, 0.4) is 0 Å². The second-order valence-electron chi connectivity index (χ2n) is 7.00. The Bertz CT molecular complexity index is 1420. The van der Waals surface area contributed by atoms with Crippen molar-refractivity contribution < 1.29 is 9.15 Å². The molecule has 1 aliphatic heterocycles. The SMILES string of the molecule is Cc1nn(-c2ccccc2)cc1C1C(C#N)=C(N)Oc2c1c(=O)oc1ccccc21. The lowest BCUT2D eigenvalue weighted by Crippen LogP contribution is -2.26. The summed E-state index contributed by atoms with van der Waals surface area (Å²) in [6.07, 6.45) is 1.81. The van der Waals surface area contributed by atoms with Crippen molar-refractivity contribution in [2.75, 3.05) is 0 Å². The van der Waals surface area contributed by atoms with Crippen LogP contribution in [0.4, 0.5) is 0 Å². The Morgan fingerprint density at radius 2 is 1.87 bits per heavy atom. The Balaban J connectivity index is 1.79. The molecular formula is C23H16N4O3. The average molecular weight is 396 g/mol. The van der Waals surface area contributed by atoms with Crippen molar-refractivity contribution in [1.29, 1.82) is 5.26 Å². The van der Waals surface area contributed by atoms with Crippen LogP contribution in [0.1, 0.15) is 22.7 Å². The number of para-hydroxylation sites is 2. The zero-order valence-electron chi connectivity index (χ0n) is 16.0. The number of hydrogen-bond acceptors (Lipinski definition) is 6. The van der Waals surface area contributed by atoms with Gasteiger partial charge in [-0.1, -0.05) is 30.3 Å². The third-order valence-electron chi connectivity index (χ3n) is 5.24. The number of nitrogens with two attached hydrogens (primary N) is 1. The fraction of sp³-hybridized carbons (Fsp3) is 0.0870. The van der Waals surface area contributed by atoms with Gasteiger partial charge in [0.2, 0.25) is 5.88 Å². The van der Waals surface area contributed by atoms with Crippen molar-refractivity contribution in [3.63, 3.8) is 0 Å². The molecule has 2 aromatic heterocycles. The van der Waals surface area contributed by atoms with Gasteiger partial charge in [0.25, 0.3) is 0 Å². The Hall–Kier alpha value is -4.31. The lowest BCUT2D eigenvalue weighted by molar-refractivity contribution is 0.388. The third kappa shape index (κ3) is 2.58. The predicted molar refractivity (Wildman–Crippen MR) is 110 cm³/mol. The highest BCUT2D eigenvalue weighted by Gasteiger charge is 2.37. The summed E-state index contributed by atoms with van der Waals surface area (Å²) in [6.45, 7) is 1.83. The Labute approximate surface area is 171 Å². The Morgan fingerprint density at radius 1 is 1.13 bits per heavy atom. The normalized spacial score (nSPS) is 15.5. The molecule has 0 radical (unpaired) electrons. The number of aryl methyl sites for hydroxylation is 1. The molecule has 0 saturated carbocycles. The number of nitriles is 1. The Kier molecular flexibility index (Phi) is 3.93. The van der Waals surface area contributed by atoms with Crippen molar-refractivity contribution in [1.82, 2.24) is 9.78 Å². The van der Waals surface area contributed by atoms with Crippen molar-refractivity contribution in [2.45, 2.75) is 12.8 Å². The first-order valence-corrected chi connectivity index (χ1v) is 9.33. The van der Waals surface area contributed by atoms with Crippen LogP contribution in [0.5, 0.6) is 5.75 Å². The molecular weight excluding hydrogens is 380 g/mol. The first-order valence-electron chi connectivity index (χ1n) is 9.33. The molecule has 1 aliphatic rings. The molecule has 0 amide bonds. The standard InChI is InChI=1S/C23H16N4O3/c1-13-17(12-27(26-13)14-7-3-2-4-8-14)19-16(11-24)22(25)30-21-15-9-5-6-10-18(15)29-23(28)20(19)21/h2-10,12,19H,25H2,1H3. The number of ether oxygens (including phenoxy) is 1. The summed E-state index contributed by atoms with van der Waals surface area (Å²) < 4.78 is 13.0. The van der Waals surface area contributed by atoms with Crippen LogP contribution in [0.25, 0.3) is 16.7 Å². The minimum Gasteiger partial charge on any atom is -0.439 e. The fourth-order valence-corrected chi connectivity index (χ4v) is 3.85. The summed E-state index contributed by atoms with van der Waals surface area (Å²) in [6, 6.07) is 18.8. The Morgan fingerprint density at radius 3 is 2.63 bits per heavy atom. The van der Waals surface area contributed by atoms with Gasteiger partial charge in [0, 0.05) is 11.8 Å². The number of rotatable bonds is 2. The van der Waals surface area contributed by atoms with Gasteiger partial charge in [-0.15, -0.1) is 0 Å². The van der Waals surface area contributed by atoms with Gasteiger partial charge in [-0.2, -0.15) is 10.4 Å². The summed E-state index contributed by atoms with van der Waals surface area (Å²) in [5.41, 5.74) is 8.56. The maximum Gasteiger partial charge on any atom is 0.344 e. The smallest absolute Gasteiger partial charge is 0.344 e. The van der Waals surface area contributed by atoms with E-state index in [9.17, 15) is 10.1 Å². The van der Waals surface area contributed by atoms with Crippen molar-refractivity contribution >= 4 is 11.0 Å². The second kappa shape index (κ2) is 6.64. The molecule has 2 N–H and O–H groups in total. The molecule has 0 spiro atoms. The van der Waals surface area contributed by atoms with Crippen LogP contribution in [0, 0.1) is 18.3 Å². The van der Waals surface area contributed by atoms with E-state index in [1.165, 1.54) is 0 Å². The zero-order chi connectivity index (χ0) is 20.8. The monoisotopic (exact) mass is 396 g/mol. The number of benzene rings is 2. The molecule has 7 nitrogen and oxygen atoms in total. The highest BCUT2D eigenvalue weighted by molar-refractivity contribution is 5.86. The summed E-state index contributed by atoms with van der Waals surface area (Å²) in [5, 5.41) is 15.0. The molecule has 4 aromatic rings. The molecule has 3 heterocycles. The summed E-state index contributed by atoms with van der Waals surface area (Å²) in [7, 11) is 0. The molecule has 0 bridgehead atoms. The number of nitrogens with zero attached hydrogens (tertiary/aromatic N) is 3. The first-order chi connectivity index (χ1) is 14.6.